The summed E-state index contributed by atoms with van der Waals surface area (Å²) in [6.45, 7) is 1.11. The molecule has 0 radical (unpaired) electrons. The van der Waals surface area contributed by atoms with Crippen LogP contribution in [0.15, 0.2) is 12.4 Å². The van der Waals surface area contributed by atoms with Crippen LogP contribution in [-0.2, 0) is 4.74 Å². The fourth-order valence-corrected chi connectivity index (χ4v) is 3.18. The van der Waals surface area contributed by atoms with E-state index in [1.807, 2.05) is 0 Å². The molecule has 1 saturated heterocycles. The molecule has 1 fully saturated rings. The van der Waals surface area contributed by atoms with Gasteiger partial charge >= 0.3 is 0 Å². The van der Waals surface area contributed by atoms with Gasteiger partial charge in [-0.25, -0.2) is 9.97 Å². The first kappa shape index (κ1) is 13.2. The Balaban J connectivity index is 1.97. The number of hydrogen-bond donors (Lipinski definition) is 2. The molecule has 0 spiro atoms. The van der Waals surface area contributed by atoms with Crippen molar-refractivity contribution in [1.29, 1.82) is 0 Å². The predicted molar refractivity (Wildman–Crippen MR) is 74.6 cm³/mol. The first-order valence-electron chi connectivity index (χ1n) is 6.21. The highest BCUT2D eigenvalue weighted by molar-refractivity contribution is 7.21. The van der Waals surface area contributed by atoms with Crippen molar-refractivity contribution in [3.8, 4) is 0 Å². The largest absolute Gasteiger partial charge is 0.396 e. The lowest BCUT2D eigenvalue weighted by molar-refractivity contribution is -0.0181. The number of carbonyl (C=O) groups is 1. The molecule has 2 aromatic rings. The fraction of sp³-hybridized carbons (Fsp3) is 0.417. The number of ether oxygens (including phenoxy) is 1. The molecule has 1 aliphatic rings. The number of aliphatic hydroxyl groups is 1. The molecule has 1 atom stereocenters. The number of carbonyl (C=O) groups excluding carboxylic acids is 1. The number of aliphatic hydroxyl groups excluding tert-OH is 1. The monoisotopic (exact) mass is 294 g/mol. The highest BCUT2D eigenvalue weighted by atomic mass is 32.1. The minimum atomic E-state index is -0.332. The van der Waals surface area contributed by atoms with Crippen molar-refractivity contribution in [2.45, 2.75) is 6.04 Å². The van der Waals surface area contributed by atoms with Crippen molar-refractivity contribution < 1.29 is 14.6 Å². The van der Waals surface area contributed by atoms with Crippen molar-refractivity contribution in [3.63, 3.8) is 0 Å². The summed E-state index contributed by atoms with van der Waals surface area (Å²) in [5, 5.41) is 9.34. The first-order valence-corrected chi connectivity index (χ1v) is 7.02. The Bertz CT molecular complexity index is 645. The summed E-state index contributed by atoms with van der Waals surface area (Å²) in [6, 6.07) is -0.332. The van der Waals surface area contributed by atoms with Crippen molar-refractivity contribution in [2.75, 3.05) is 32.1 Å². The van der Waals surface area contributed by atoms with Crippen LogP contribution in [0.2, 0.25) is 0 Å². The lowest BCUT2D eigenvalue weighted by Crippen LogP contribution is -2.50. The van der Waals surface area contributed by atoms with E-state index in [2.05, 4.69) is 9.97 Å². The summed E-state index contributed by atoms with van der Waals surface area (Å²) in [7, 11) is 0. The summed E-state index contributed by atoms with van der Waals surface area (Å²) < 4.78 is 5.27. The molecule has 3 rings (SSSR count). The zero-order valence-corrected chi connectivity index (χ0v) is 11.5. The maximum absolute atomic E-state index is 12.6. The molecule has 0 aliphatic carbocycles. The predicted octanol–water partition coefficient (Wildman–Crippen LogP) is 0.107. The molecule has 3 heterocycles. The summed E-state index contributed by atoms with van der Waals surface area (Å²) >= 11 is 1.23. The Kier molecular flexibility index (Phi) is 3.51. The summed E-state index contributed by atoms with van der Waals surface area (Å²) in [5.41, 5.74) is 6.90. The third kappa shape index (κ3) is 2.11. The van der Waals surface area contributed by atoms with Gasteiger partial charge in [-0.2, -0.15) is 0 Å². The SMILES string of the molecule is Nc1c(C(=O)N2CCOCC2CO)sc2nccnc12. The molecular weight excluding hydrogens is 280 g/mol. The Hall–Kier alpha value is -1.77. The normalized spacial score (nSPS) is 19.4. The van der Waals surface area contributed by atoms with Gasteiger partial charge in [-0.05, 0) is 0 Å². The molecule has 1 aliphatic heterocycles. The molecule has 1 amide bonds. The molecule has 3 N–H and O–H groups in total. The third-order valence-corrected chi connectivity index (χ3v) is 4.35. The van der Waals surface area contributed by atoms with Gasteiger partial charge in [0, 0.05) is 18.9 Å². The Labute approximate surface area is 119 Å². The molecule has 2 aromatic heterocycles. The van der Waals surface area contributed by atoms with Gasteiger partial charge in [0.2, 0.25) is 0 Å². The van der Waals surface area contributed by atoms with E-state index < -0.39 is 0 Å². The maximum atomic E-state index is 12.6. The molecule has 0 saturated carbocycles. The Morgan fingerprint density at radius 3 is 3.10 bits per heavy atom. The maximum Gasteiger partial charge on any atom is 0.266 e. The number of nitrogens with zero attached hydrogens (tertiary/aromatic N) is 3. The summed E-state index contributed by atoms with van der Waals surface area (Å²) in [4.78, 5) is 23.6. The van der Waals surface area contributed by atoms with Gasteiger partial charge in [0.25, 0.3) is 5.91 Å². The highest BCUT2D eigenvalue weighted by Crippen LogP contribution is 2.32. The quantitative estimate of drug-likeness (QED) is 0.815. The van der Waals surface area contributed by atoms with E-state index >= 15 is 0 Å². The second-order valence-electron chi connectivity index (χ2n) is 4.46. The Morgan fingerprint density at radius 1 is 1.55 bits per heavy atom. The van der Waals surface area contributed by atoms with Gasteiger partial charge in [0.05, 0.1) is 31.5 Å². The number of anilines is 1. The van der Waals surface area contributed by atoms with Crippen LogP contribution in [-0.4, -0.2) is 58.3 Å². The number of hydrogen-bond acceptors (Lipinski definition) is 7. The van der Waals surface area contributed by atoms with E-state index in [0.717, 1.165) is 0 Å². The second-order valence-corrected chi connectivity index (χ2v) is 5.46. The van der Waals surface area contributed by atoms with Crippen LogP contribution in [0.3, 0.4) is 0 Å². The molecule has 8 heteroatoms. The van der Waals surface area contributed by atoms with E-state index in [1.165, 1.54) is 11.3 Å². The molecule has 106 valence electrons. The topological polar surface area (TPSA) is 102 Å². The number of aromatic nitrogens is 2. The van der Waals surface area contributed by atoms with Crippen LogP contribution in [0.5, 0.6) is 0 Å². The van der Waals surface area contributed by atoms with Crippen LogP contribution in [0, 0.1) is 0 Å². The number of amides is 1. The smallest absolute Gasteiger partial charge is 0.266 e. The van der Waals surface area contributed by atoms with Crippen LogP contribution in [0.4, 0.5) is 5.69 Å². The summed E-state index contributed by atoms with van der Waals surface area (Å²) in [6.07, 6.45) is 3.11. The van der Waals surface area contributed by atoms with E-state index in [1.54, 1.807) is 17.3 Å². The number of nitrogens with two attached hydrogens (primary N) is 1. The number of rotatable bonds is 2. The Morgan fingerprint density at radius 2 is 2.35 bits per heavy atom. The van der Waals surface area contributed by atoms with E-state index in [4.69, 9.17) is 10.5 Å². The lowest BCUT2D eigenvalue weighted by atomic mass is 10.2. The van der Waals surface area contributed by atoms with Crippen LogP contribution in [0.25, 0.3) is 10.3 Å². The van der Waals surface area contributed by atoms with Crippen molar-refractivity contribution in [2.24, 2.45) is 0 Å². The zero-order chi connectivity index (χ0) is 14.1. The minimum absolute atomic E-state index is 0.132. The molecule has 0 aromatic carbocycles. The molecule has 0 bridgehead atoms. The van der Waals surface area contributed by atoms with Gasteiger partial charge in [-0.1, -0.05) is 0 Å². The van der Waals surface area contributed by atoms with Gasteiger partial charge in [-0.3, -0.25) is 4.79 Å². The third-order valence-electron chi connectivity index (χ3n) is 3.26. The average Bonchev–Trinajstić information content (AvgIpc) is 2.84. The zero-order valence-electron chi connectivity index (χ0n) is 10.7. The highest BCUT2D eigenvalue weighted by Gasteiger charge is 2.30. The standard InChI is InChI=1S/C12H14N4O3S/c13-8-9-11(15-2-1-14-9)20-10(8)12(18)16-3-4-19-6-7(16)5-17/h1-2,7,17H,3-6,13H2. The molecule has 7 nitrogen and oxygen atoms in total. The average molecular weight is 294 g/mol. The van der Waals surface area contributed by atoms with E-state index in [-0.39, 0.29) is 18.6 Å². The van der Waals surface area contributed by atoms with Gasteiger partial charge in [0.15, 0.2) is 0 Å². The van der Waals surface area contributed by atoms with Crippen LogP contribution in [0.1, 0.15) is 9.67 Å². The van der Waals surface area contributed by atoms with Gasteiger partial charge in [-0.15, -0.1) is 11.3 Å². The number of thiophene rings is 1. The number of morpholine rings is 1. The van der Waals surface area contributed by atoms with E-state index in [0.29, 0.717) is 40.7 Å². The fourth-order valence-electron chi connectivity index (χ4n) is 2.21. The molecule has 20 heavy (non-hydrogen) atoms. The summed E-state index contributed by atoms with van der Waals surface area (Å²) in [5.74, 6) is -0.199. The van der Waals surface area contributed by atoms with Crippen molar-refractivity contribution >= 4 is 33.3 Å². The molecule has 1 unspecified atom stereocenters. The van der Waals surface area contributed by atoms with Crippen molar-refractivity contribution in [3.05, 3.63) is 17.3 Å². The first-order chi connectivity index (χ1) is 9.72. The van der Waals surface area contributed by atoms with Crippen molar-refractivity contribution in [1.82, 2.24) is 14.9 Å². The lowest BCUT2D eigenvalue weighted by Gasteiger charge is -2.34. The van der Waals surface area contributed by atoms with Gasteiger partial charge in [0.1, 0.15) is 15.2 Å². The molecular formula is C12H14N4O3S. The van der Waals surface area contributed by atoms with E-state index in [9.17, 15) is 9.90 Å². The minimum Gasteiger partial charge on any atom is -0.396 e. The van der Waals surface area contributed by atoms with Gasteiger partial charge < -0.3 is 20.5 Å². The van der Waals surface area contributed by atoms with Crippen LogP contribution < -0.4 is 5.73 Å². The number of nitrogen functional groups attached to an aromatic ring is 1. The second kappa shape index (κ2) is 5.31. The number of fused-ring (bicyclic) bond motifs is 1. The van der Waals surface area contributed by atoms with Crippen LogP contribution >= 0.6 is 11.3 Å².